The normalized spacial score (nSPS) is 14.5. The molecule has 0 atom stereocenters. The van der Waals surface area contributed by atoms with E-state index in [0.29, 0.717) is 0 Å². The van der Waals surface area contributed by atoms with Gasteiger partial charge in [0.25, 0.3) is 0 Å². The van der Waals surface area contributed by atoms with Crippen LogP contribution in [0.3, 0.4) is 0 Å². The molecule has 2 aromatic rings. The zero-order chi connectivity index (χ0) is 15.5. The van der Waals surface area contributed by atoms with Crippen molar-refractivity contribution in [3.8, 4) is 11.5 Å². The molecule has 1 aliphatic rings. The van der Waals surface area contributed by atoms with Crippen LogP contribution < -0.4 is 15.2 Å². The first-order chi connectivity index (χ1) is 10.7. The van der Waals surface area contributed by atoms with Crippen LogP contribution in [0.4, 0.5) is 5.69 Å². The monoisotopic (exact) mass is 298 g/mol. The van der Waals surface area contributed by atoms with Gasteiger partial charge in [-0.2, -0.15) is 0 Å². The molecule has 116 valence electrons. The molecule has 0 spiro atoms. The number of nitrogens with two attached hydrogens (primary N) is 1. The van der Waals surface area contributed by atoms with E-state index >= 15 is 0 Å². The molecule has 0 aromatic heterocycles. The third kappa shape index (κ3) is 2.88. The highest BCUT2D eigenvalue weighted by molar-refractivity contribution is 5.49. The van der Waals surface area contributed by atoms with Crippen molar-refractivity contribution in [1.29, 1.82) is 0 Å². The standard InChI is InChI=1S/C18H22N2O2/c1-21-17-9-13-7-8-20(12-15(13)10-18(17)22-2)11-14-5-3-4-6-16(14)19/h3-6,9-10H,7-8,11-12,19H2,1-2H3. The van der Waals surface area contributed by atoms with Crippen LogP contribution in [0.15, 0.2) is 36.4 Å². The zero-order valence-corrected chi connectivity index (χ0v) is 13.1. The Kier molecular flexibility index (Phi) is 4.20. The summed E-state index contributed by atoms with van der Waals surface area (Å²) in [5.74, 6) is 1.60. The van der Waals surface area contributed by atoms with Crippen LogP contribution >= 0.6 is 0 Å². The molecular weight excluding hydrogens is 276 g/mol. The maximum Gasteiger partial charge on any atom is 0.161 e. The number of nitrogen functional groups attached to an aromatic ring is 1. The number of ether oxygens (including phenoxy) is 2. The molecule has 0 saturated carbocycles. The summed E-state index contributed by atoms with van der Waals surface area (Å²) in [6, 6.07) is 12.3. The molecule has 0 unspecified atom stereocenters. The number of benzene rings is 2. The maximum atomic E-state index is 6.05. The number of rotatable bonds is 4. The van der Waals surface area contributed by atoms with Crippen LogP contribution in [0.2, 0.25) is 0 Å². The van der Waals surface area contributed by atoms with E-state index in [4.69, 9.17) is 15.2 Å². The average molecular weight is 298 g/mol. The van der Waals surface area contributed by atoms with Gasteiger partial charge in [0.15, 0.2) is 11.5 Å². The Morgan fingerprint density at radius 1 is 1.05 bits per heavy atom. The van der Waals surface area contributed by atoms with E-state index in [-0.39, 0.29) is 0 Å². The van der Waals surface area contributed by atoms with Crippen molar-refractivity contribution < 1.29 is 9.47 Å². The fourth-order valence-electron chi connectivity index (χ4n) is 3.00. The van der Waals surface area contributed by atoms with E-state index in [1.807, 2.05) is 18.2 Å². The molecule has 4 heteroatoms. The van der Waals surface area contributed by atoms with Gasteiger partial charge in [0.2, 0.25) is 0 Å². The van der Waals surface area contributed by atoms with E-state index in [1.165, 1.54) is 16.7 Å². The number of nitrogens with zero attached hydrogens (tertiary/aromatic N) is 1. The molecule has 2 aromatic carbocycles. The van der Waals surface area contributed by atoms with Crippen LogP contribution in [-0.4, -0.2) is 25.7 Å². The van der Waals surface area contributed by atoms with E-state index < -0.39 is 0 Å². The van der Waals surface area contributed by atoms with Gasteiger partial charge in [0.05, 0.1) is 14.2 Å². The molecule has 0 radical (unpaired) electrons. The summed E-state index contributed by atoms with van der Waals surface area (Å²) in [4.78, 5) is 2.42. The Bertz CT molecular complexity index is 670. The molecule has 0 saturated heterocycles. The number of fused-ring (bicyclic) bond motifs is 1. The number of methoxy groups -OCH3 is 2. The molecule has 0 amide bonds. The lowest BCUT2D eigenvalue weighted by atomic mass is 9.98. The second-order valence-electron chi connectivity index (χ2n) is 5.64. The highest BCUT2D eigenvalue weighted by atomic mass is 16.5. The van der Waals surface area contributed by atoms with Gasteiger partial charge < -0.3 is 15.2 Å². The quantitative estimate of drug-likeness (QED) is 0.882. The molecule has 4 nitrogen and oxygen atoms in total. The molecule has 0 fully saturated rings. The minimum Gasteiger partial charge on any atom is -0.493 e. The highest BCUT2D eigenvalue weighted by Gasteiger charge is 2.19. The summed E-state index contributed by atoms with van der Waals surface area (Å²) < 4.78 is 10.8. The zero-order valence-electron chi connectivity index (χ0n) is 13.1. The number of para-hydroxylation sites is 1. The van der Waals surface area contributed by atoms with Crippen molar-refractivity contribution in [1.82, 2.24) is 4.90 Å². The Morgan fingerprint density at radius 2 is 1.73 bits per heavy atom. The van der Waals surface area contributed by atoms with E-state index in [9.17, 15) is 0 Å². The topological polar surface area (TPSA) is 47.7 Å². The number of hydrogen-bond donors (Lipinski definition) is 1. The molecular formula is C18H22N2O2. The lowest BCUT2D eigenvalue weighted by molar-refractivity contribution is 0.244. The second-order valence-corrected chi connectivity index (χ2v) is 5.64. The molecule has 2 N–H and O–H groups in total. The third-order valence-corrected chi connectivity index (χ3v) is 4.25. The van der Waals surface area contributed by atoms with Crippen LogP contribution in [-0.2, 0) is 19.5 Å². The average Bonchev–Trinajstić information content (AvgIpc) is 2.55. The molecule has 3 rings (SSSR count). The van der Waals surface area contributed by atoms with Crippen molar-refractivity contribution in [3.05, 3.63) is 53.1 Å². The summed E-state index contributed by atoms with van der Waals surface area (Å²) >= 11 is 0. The predicted molar refractivity (Wildman–Crippen MR) is 88.2 cm³/mol. The number of hydrogen-bond acceptors (Lipinski definition) is 4. The minimum atomic E-state index is 0.794. The number of anilines is 1. The van der Waals surface area contributed by atoms with Gasteiger partial charge in [-0.05, 0) is 41.3 Å². The Morgan fingerprint density at radius 3 is 2.41 bits per heavy atom. The third-order valence-electron chi connectivity index (χ3n) is 4.25. The van der Waals surface area contributed by atoms with Gasteiger partial charge in [0.1, 0.15) is 0 Å². The first-order valence-electron chi connectivity index (χ1n) is 7.50. The fraction of sp³-hybridized carbons (Fsp3) is 0.333. The fourth-order valence-corrected chi connectivity index (χ4v) is 3.00. The van der Waals surface area contributed by atoms with Crippen molar-refractivity contribution in [2.75, 3.05) is 26.5 Å². The van der Waals surface area contributed by atoms with Gasteiger partial charge in [-0.1, -0.05) is 18.2 Å². The Balaban J connectivity index is 1.80. The van der Waals surface area contributed by atoms with E-state index in [2.05, 4.69) is 23.1 Å². The van der Waals surface area contributed by atoms with Gasteiger partial charge in [-0.25, -0.2) is 0 Å². The van der Waals surface area contributed by atoms with Crippen molar-refractivity contribution in [3.63, 3.8) is 0 Å². The summed E-state index contributed by atoms with van der Waals surface area (Å²) in [6.45, 7) is 2.81. The van der Waals surface area contributed by atoms with E-state index in [1.54, 1.807) is 14.2 Å². The van der Waals surface area contributed by atoms with Crippen LogP contribution in [0.1, 0.15) is 16.7 Å². The van der Waals surface area contributed by atoms with E-state index in [0.717, 1.165) is 43.2 Å². The van der Waals surface area contributed by atoms with Crippen molar-refractivity contribution >= 4 is 5.69 Å². The molecule has 22 heavy (non-hydrogen) atoms. The summed E-state index contributed by atoms with van der Waals surface area (Å²) in [5.41, 5.74) is 10.7. The van der Waals surface area contributed by atoms with Gasteiger partial charge >= 0.3 is 0 Å². The largest absolute Gasteiger partial charge is 0.493 e. The first kappa shape index (κ1) is 14.7. The summed E-state index contributed by atoms with van der Waals surface area (Å²) in [6.07, 6.45) is 1.02. The molecule has 0 bridgehead atoms. The predicted octanol–water partition coefficient (Wildman–Crippen LogP) is 2.84. The SMILES string of the molecule is COc1cc2c(cc1OC)CN(Cc1ccccc1N)CC2. The van der Waals surface area contributed by atoms with Gasteiger partial charge in [0, 0.05) is 25.3 Å². The molecule has 1 aliphatic heterocycles. The Labute approximate surface area is 131 Å². The summed E-state index contributed by atoms with van der Waals surface area (Å²) in [5, 5.41) is 0. The maximum absolute atomic E-state index is 6.05. The van der Waals surface area contributed by atoms with Crippen LogP contribution in [0.25, 0.3) is 0 Å². The molecule has 1 heterocycles. The summed E-state index contributed by atoms with van der Waals surface area (Å²) in [7, 11) is 3.35. The van der Waals surface area contributed by atoms with Crippen LogP contribution in [0, 0.1) is 0 Å². The minimum absolute atomic E-state index is 0.794. The lowest BCUT2D eigenvalue weighted by Crippen LogP contribution is -2.30. The van der Waals surface area contributed by atoms with Gasteiger partial charge in [-0.15, -0.1) is 0 Å². The lowest BCUT2D eigenvalue weighted by Gasteiger charge is -2.29. The molecule has 0 aliphatic carbocycles. The first-order valence-corrected chi connectivity index (χ1v) is 7.50. The van der Waals surface area contributed by atoms with Crippen molar-refractivity contribution in [2.24, 2.45) is 0 Å². The highest BCUT2D eigenvalue weighted by Crippen LogP contribution is 2.33. The Hall–Kier alpha value is -2.20. The van der Waals surface area contributed by atoms with Gasteiger partial charge in [-0.3, -0.25) is 4.90 Å². The van der Waals surface area contributed by atoms with Crippen LogP contribution in [0.5, 0.6) is 11.5 Å². The smallest absolute Gasteiger partial charge is 0.161 e. The second kappa shape index (κ2) is 6.28. The van der Waals surface area contributed by atoms with Crippen molar-refractivity contribution in [2.45, 2.75) is 19.5 Å².